The number of nitro groups is 1. The van der Waals surface area contributed by atoms with Crippen LogP contribution in [0.5, 0.6) is 0 Å². The van der Waals surface area contributed by atoms with Crippen molar-refractivity contribution in [1.29, 1.82) is 0 Å². The smallest absolute Gasteiger partial charge is 0.373 e. The van der Waals surface area contributed by atoms with E-state index in [4.69, 9.17) is 9.47 Å². The van der Waals surface area contributed by atoms with Crippen LogP contribution >= 0.6 is 0 Å². The Kier molecular flexibility index (Phi) is 4.29. The lowest BCUT2D eigenvalue weighted by Gasteiger charge is -2.19. The van der Waals surface area contributed by atoms with Crippen LogP contribution in [-0.4, -0.2) is 18.0 Å². The summed E-state index contributed by atoms with van der Waals surface area (Å²) in [4.78, 5) is 22.7. The van der Waals surface area contributed by atoms with Crippen molar-refractivity contribution in [3.05, 3.63) is 87.7 Å². The molecule has 0 saturated heterocycles. The van der Waals surface area contributed by atoms with Crippen LogP contribution in [0.2, 0.25) is 0 Å². The van der Waals surface area contributed by atoms with Crippen LogP contribution in [0.3, 0.4) is 0 Å². The fourth-order valence-corrected chi connectivity index (χ4v) is 2.81. The molecular formula is C18H15NO5. The number of hydrogen-bond acceptors (Lipinski definition) is 5. The van der Waals surface area contributed by atoms with E-state index in [1.54, 1.807) is 24.3 Å². The first-order valence-corrected chi connectivity index (χ1v) is 7.37. The van der Waals surface area contributed by atoms with E-state index >= 15 is 0 Å². The van der Waals surface area contributed by atoms with Gasteiger partial charge in [-0.25, -0.2) is 4.79 Å². The SMILES string of the molecule is COC(=O)C1=C[C@H](c2ccccc2)[C@H](c2ccccc2[N+](=O)[O-])O1. The zero-order valence-corrected chi connectivity index (χ0v) is 12.9. The standard InChI is InChI=1S/C18H15NO5/c1-23-18(20)16-11-14(12-7-3-2-4-8-12)17(24-16)13-9-5-6-10-15(13)19(21)22/h2-11,14,17H,1H3/t14-,17+/m1/s1. The molecule has 24 heavy (non-hydrogen) atoms. The van der Waals surface area contributed by atoms with E-state index in [-0.39, 0.29) is 17.4 Å². The fraction of sp³-hybridized carbons (Fsp3) is 0.167. The summed E-state index contributed by atoms with van der Waals surface area (Å²) < 4.78 is 10.5. The van der Waals surface area contributed by atoms with E-state index in [1.165, 1.54) is 13.2 Å². The average molecular weight is 325 g/mol. The summed E-state index contributed by atoms with van der Waals surface area (Å²) in [6, 6.07) is 15.8. The van der Waals surface area contributed by atoms with Crippen LogP contribution in [0.15, 0.2) is 66.4 Å². The lowest BCUT2D eigenvalue weighted by atomic mass is 9.89. The molecule has 0 aromatic heterocycles. The number of benzene rings is 2. The highest BCUT2D eigenvalue weighted by Crippen LogP contribution is 2.45. The summed E-state index contributed by atoms with van der Waals surface area (Å²) in [6.45, 7) is 0. The quantitative estimate of drug-likeness (QED) is 0.488. The summed E-state index contributed by atoms with van der Waals surface area (Å²) in [5.74, 6) is -0.854. The number of carbonyl (C=O) groups excluding carboxylic acids is 1. The Morgan fingerprint density at radius 2 is 1.79 bits per heavy atom. The molecule has 0 N–H and O–H groups in total. The fourth-order valence-electron chi connectivity index (χ4n) is 2.81. The summed E-state index contributed by atoms with van der Waals surface area (Å²) in [6.07, 6.45) is 0.992. The molecule has 0 aliphatic carbocycles. The third-order valence-electron chi connectivity index (χ3n) is 3.92. The number of esters is 1. The molecule has 2 aromatic carbocycles. The van der Waals surface area contributed by atoms with Gasteiger partial charge in [0, 0.05) is 12.0 Å². The highest BCUT2D eigenvalue weighted by Gasteiger charge is 2.38. The number of rotatable bonds is 4. The molecule has 0 amide bonds. The normalized spacial score (nSPS) is 19.3. The van der Waals surface area contributed by atoms with Crippen LogP contribution in [-0.2, 0) is 14.3 Å². The summed E-state index contributed by atoms with van der Waals surface area (Å²) in [5.41, 5.74) is 1.29. The number of hydrogen-bond donors (Lipinski definition) is 0. The van der Waals surface area contributed by atoms with Gasteiger partial charge in [-0.15, -0.1) is 0 Å². The Balaban J connectivity index is 2.07. The summed E-state index contributed by atoms with van der Waals surface area (Å²) in [7, 11) is 1.27. The van der Waals surface area contributed by atoms with Gasteiger partial charge < -0.3 is 9.47 Å². The van der Waals surface area contributed by atoms with Gasteiger partial charge >= 0.3 is 5.97 Å². The predicted molar refractivity (Wildman–Crippen MR) is 86.2 cm³/mol. The van der Waals surface area contributed by atoms with Crippen LogP contribution in [0.1, 0.15) is 23.1 Å². The van der Waals surface area contributed by atoms with Crippen LogP contribution in [0, 0.1) is 10.1 Å². The van der Waals surface area contributed by atoms with Crippen molar-refractivity contribution >= 4 is 11.7 Å². The third kappa shape index (κ3) is 2.86. The van der Waals surface area contributed by atoms with Crippen LogP contribution < -0.4 is 0 Å². The molecule has 2 atom stereocenters. The molecule has 1 heterocycles. The van der Waals surface area contributed by atoms with E-state index in [0.717, 1.165) is 5.56 Å². The molecule has 2 aromatic rings. The van der Waals surface area contributed by atoms with Gasteiger partial charge in [-0.05, 0) is 17.7 Å². The molecule has 1 aliphatic rings. The largest absolute Gasteiger partial charge is 0.477 e. The Morgan fingerprint density at radius 1 is 1.12 bits per heavy atom. The van der Waals surface area contributed by atoms with Crippen molar-refractivity contribution in [2.24, 2.45) is 0 Å². The molecule has 0 bridgehead atoms. The van der Waals surface area contributed by atoms with Crippen molar-refractivity contribution in [3.8, 4) is 0 Å². The monoisotopic (exact) mass is 325 g/mol. The highest BCUT2D eigenvalue weighted by molar-refractivity contribution is 5.87. The molecule has 0 saturated carbocycles. The molecular weight excluding hydrogens is 310 g/mol. The lowest BCUT2D eigenvalue weighted by Crippen LogP contribution is -2.11. The minimum absolute atomic E-state index is 0.0389. The Morgan fingerprint density at radius 3 is 2.46 bits per heavy atom. The average Bonchev–Trinajstić information content (AvgIpc) is 3.07. The third-order valence-corrected chi connectivity index (χ3v) is 3.92. The lowest BCUT2D eigenvalue weighted by molar-refractivity contribution is -0.386. The highest BCUT2D eigenvalue weighted by atomic mass is 16.6. The minimum atomic E-state index is -0.664. The Labute approximate surface area is 138 Å². The van der Waals surface area contributed by atoms with Crippen molar-refractivity contribution in [1.82, 2.24) is 0 Å². The van der Waals surface area contributed by atoms with E-state index in [2.05, 4.69) is 0 Å². The van der Waals surface area contributed by atoms with E-state index < -0.39 is 17.0 Å². The van der Waals surface area contributed by atoms with Gasteiger partial charge in [-0.1, -0.05) is 42.5 Å². The Hall–Kier alpha value is -3.15. The molecule has 1 aliphatic heterocycles. The number of ether oxygens (including phenoxy) is 2. The molecule has 0 unspecified atom stereocenters. The minimum Gasteiger partial charge on any atom is -0.477 e. The zero-order valence-electron chi connectivity index (χ0n) is 12.9. The summed E-state index contributed by atoms with van der Waals surface area (Å²) >= 11 is 0. The maximum Gasteiger partial charge on any atom is 0.373 e. The predicted octanol–water partition coefficient (Wildman–Crippen LogP) is 3.51. The van der Waals surface area contributed by atoms with Gasteiger partial charge in [0.15, 0.2) is 0 Å². The van der Waals surface area contributed by atoms with E-state index in [1.807, 2.05) is 30.3 Å². The first-order chi connectivity index (χ1) is 11.6. The van der Waals surface area contributed by atoms with Crippen molar-refractivity contribution in [3.63, 3.8) is 0 Å². The van der Waals surface area contributed by atoms with Crippen LogP contribution in [0.4, 0.5) is 5.69 Å². The molecule has 122 valence electrons. The first-order valence-electron chi connectivity index (χ1n) is 7.37. The topological polar surface area (TPSA) is 78.7 Å². The molecule has 0 spiro atoms. The van der Waals surface area contributed by atoms with E-state index in [0.29, 0.717) is 5.56 Å². The second kappa shape index (κ2) is 6.54. The number of methoxy groups -OCH3 is 1. The summed E-state index contributed by atoms with van der Waals surface area (Å²) in [5, 5.41) is 11.3. The Bertz CT molecular complexity index is 800. The van der Waals surface area contributed by atoms with E-state index in [9.17, 15) is 14.9 Å². The maximum absolute atomic E-state index is 11.8. The van der Waals surface area contributed by atoms with Crippen molar-refractivity contribution in [2.45, 2.75) is 12.0 Å². The number of carbonyl (C=O) groups is 1. The van der Waals surface area contributed by atoms with Gasteiger partial charge in [-0.3, -0.25) is 10.1 Å². The van der Waals surface area contributed by atoms with Gasteiger partial charge in [-0.2, -0.15) is 0 Å². The second-order valence-corrected chi connectivity index (χ2v) is 5.31. The molecule has 3 rings (SSSR count). The number of nitrogens with zero attached hydrogens (tertiary/aromatic N) is 1. The van der Waals surface area contributed by atoms with Crippen LogP contribution in [0.25, 0.3) is 0 Å². The maximum atomic E-state index is 11.8. The number of para-hydroxylation sites is 1. The van der Waals surface area contributed by atoms with Gasteiger partial charge in [0.25, 0.3) is 5.69 Å². The first kappa shape index (κ1) is 15.7. The molecule has 0 fully saturated rings. The van der Waals surface area contributed by atoms with Gasteiger partial charge in [0.1, 0.15) is 6.10 Å². The van der Waals surface area contributed by atoms with Gasteiger partial charge in [0.2, 0.25) is 5.76 Å². The molecule has 6 nitrogen and oxygen atoms in total. The molecule has 6 heteroatoms. The van der Waals surface area contributed by atoms with Crippen molar-refractivity contribution in [2.75, 3.05) is 7.11 Å². The second-order valence-electron chi connectivity index (χ2n) is 5.31. The van der Waals surface area contributed by atoms with Gasteiger partial charge in [0.05, 0.1) is 17.6 Å². The van der Waals surface area contributed by atoms with Crippen molar-refractivity contribution < 1.29 is 19.2 Å². The number of nitro benzene ring substituents is 1. The zero-order chi connectivity index (χ0) is 17.1. The molecule has 0 radical (unpaired) electrons.